The third-order valence-corrected chi connectivity index (χ3v) is 1.37. The number of oxazole rings is 1. The molecule has 0 bridgehead atoms. The van der Waals surface area contributed by atoms with Gasteiger partial charge < -0.3 is 10.2 Å². The highest BCUT2D eigenvalue weighted by Gasteiger charge is 1.96. The van der Waals surface area contributed by atoms with E-state index in [9.17, 15) is 0 Å². The van der Waals surface area contributed by atoms with Crippen molar-refractivity contribution in [3.05, 3.63) is 12.2 Å². The molecule has 0 atom stereocenters. The Bertz CT molecular complexity index is 187. The van der Waals surface area contributed by atoms with Crippen molar-refractivity contribution >= 4 is 17.6 Å². The number of anilines is 1. The Labute approximate surface area is 57.6 Å². The number of hydrogen-bond acceptors (Lipinski definition) is 4. The van der Waals surface area contributed by atoms with E-state index in [0.29, 0.717) is 11.7 Å². The van der Waals surface area contributed by atoms with Crippen molar-refractivity contribution in [2.24, 2.45) is 0 Å². The summed E-state index contributed by atoms with van der Waals surface area (Å²) < 4.78 is 4.95. The van der Waals surface area contributed by atoms with Gasteiger partial charge in [0.2, 0.25) is 5.89 Å². The van der Waals surface area contributed by atoms with Crippen molar-refractivity contribution in [2.45, 2.75) is 5.75 Å². The summed E-state index contributed by atoms with van der Waals surface area (Å²) >= 11 is 1.66. The number of nitrogens with two attached hydrogens (primary N) is 1. The van der Waals surface area contributed by atoms with Crippen LogP contribution >= 0.6 is 11.8 Å². The van der Waals surface area contributed by atoms with Gasteiger partial charge in [0.1, 0.15) is 6.26 Å². The molecule has 0 aliphatic carbocycles. The summed E-state index contributed by atoms with van der Waals surface area (Å²) in [5, 5.41) is 0. The number of nitrogen functional groups attached to an aromatic ring is 1. The van der Waals surface area contributed by atoms with Gasteiger partial charge in [-0.05, 0) is 6.26 Å². The van der Waals surface area contributed by atoms with Crippen LogP contribution in [0.3, 0.4) is 0 Å². The lowest BCUT2D eigenvalue weighted by molar-refractivity contribution is 0.517. The monoisotopic (exact) mass is 144 g/mol. The second-order valence-corrected chi connectivity index (χ2v) is 2.47. The van der Waals surface area contributed by atoms with Crippen LogP contribution in [0, 0.1) is 0 Å². The van der Waals surface area contributed by atoms with Crippen molar-refractivity contribution in [3.8, 4) is 0 Å². The molecule has 1 aromatic rings. The first-order chi connectivity index (χ1) is 4.33. The van der Waals surface area contributed by atoms with E-state index in [1.807, 2.05) is 6.26 Å². The first-order valence-corrected chi connectivity index (χ1v) is 3.91. The van der Waals surface area contributed by atoms with Crippen molar-refractivity contribution in [1.82, 2.24) is 4.98 Å². The van der Waals surface area contributed by atoms with Gasteiger partial charge in [-0.25, -0.2) is 0 Å². The van der Waals surface area contributed by atoms with Gasteiger partial charge in [-0.1, -0.05) is 0 Å². The molecular weight excluding hydrogens is 136 g/mol. The Balaban J connectivity index is 2.61. The molecule has 0 saturated heterocycles. The van der Waals surface area contributed by atoms with Crippen molar-refractivity contribution in [1.29, 1.82) is 0 Å². The Kier molecular flexibility index (Phi) is 2.00. The van der Waals surface area contributed by atoms with Gasteiger partial charge in [-0.15, -0.1) is 0 Å². The molecule has 0 amide bonds. The van der Waals surface area contributed by atoms with Gasteiger partial charge in [0.15, 0.2) is 5.82 Å². The molecule has 3 nitrogen and oxygen atoms in total. The number of rotatable bonds is 2. The molecule has 50 valence electrons. The molecule has 1 heterocycles. The van der Waals surface area contributed by atoms with E-state index in [0.717, 1.165) is 5.75 Å². The number of thioether (sulfide) groups is 1. The lowest BCUT2D eigenvalue weighted by Crippen LogP contribution is -1.84. The van der Waals surface area contributed by atoms with Crippen LogP contribution in [0.15, 0.2) is 10.7 Å². The molecule has 9 heavy (non-hydrogen) atoms. The minimum absolute atomic E-state index is 0.457. The van der Waals surface area contributed by atoms with Crippen LogP contribution in [0.1, 0.15) is 5.89 Å². The third-order valence-electron chi connectivity index (χ3n) is 0.837. The zero-order valence-electron chi connectivity index (χ0n) is 5.13. The molecule has 0 radical (unpaired) electrons. The summed E-state index contributed by atoms with van der Waals surface area (Å²) in [6, 6.07) is 0. The summed E-state index contributed by atoms with van der Waals surface area (Å²) in [6.45, 7) is 0. The molecule has 0 unspecified atom stereocenters. The molecule has 1 rings (SSSR count). The molecule has 0 spiro atoms. The van der Waals surface area contributed by atoms with E-state index < -0.39 is 0 Å². The first kappa shape index (κ1) is 6.48. The molecule has 0 aliphatic heterocycles. The lowest BCUT2D eigenvalue weighted by Gasteiger charge is -1.84. The van der Waals surface area contributed by atoms with Crippen LogP contribution in [0.5, 0.6) is 0 Å². The minimum Gasteiger partial charge on any atom is -0.446 e. The van der Waals surface area contributed by atoms with Crippen LogP contribution in [-0.4, -0.2) is 11.2 Å². The predicted octanol–water partition coefficient (Wildman–Crippen LogP) is 1.12. The second kappa shape index (κ2) is 2.77. The van der Waals surface area contributed by atoms with Gasteiger partial charge >= 0.3 is 0 Å². The van der Waals surface area contributed by atoms with Crippen molar-refractivity contribution < 1.29 is 4.42 Å². The molecule has 0 fully saturated rings. The van der Waals surface area contributed by atoms with E-state index in [1.165, 1.54) is 6.26 Å². The average Bonchev–Trinajstić information content (AvgIpc) is 2.17. The minimum atomic E-state index is 0.457. The fraction of sp³-hybridized carbons (Fsp3) is 0.400. The topological polar surface area (TPSA) is 52.0 Å². The number of aromatic nitrogens is 1. The Hall–Kier alpha value is -0.640. The van der Waals surface area contributed by atoms with Gasteiger partial charge in [-0.2, -0.15) is 16.7 Å². The van der Waals surface area contributed by atoms with Gasteiger partial charge in [0.05, 0.1) is 5.75 Å². The van der Waals surface area contributed by atoms with E-state index in [1.54, 1.807) is 11.8 Å². The van der Waals surface area contributed by atoms with Crippen LogP contribution in [0.2, 0.25) is 0 Å². The smallest absolute Gasteiger partial charge is 0.206 e. The summed E-state index contributed by atoms with van der Waals surface area (Å²) in [6.07, 6.45) is 3.44. The second-order valence-electron chi connectivity index (χ2n) is 1.60. The Morgan fingerprint density at radius 2 is 2.67 bits per heavy atom. The number of nitrogens with zero attached hydrogens (tertiary/aromatic N) is 1. The molecule has 4 heteroatoms. The highest BCUT2D eigenvalue weighted by molar-refractivity contribution is 7.97. The summed E-state index contributed by atoms with van der Waals surface area (Å²) in [4.78, 5) is 3.89. The highest BCUT2D eigenvalue weighted by Crippen LogP contribution is 2.08. The highest BCUT2D eigenvalue weighted by atomic mass is 32.2. The largest absolute Gasteiger partial charge is 0.446 e. The molecular formula is C5H8N2OS. The van der Waals surface area contributed by atoms with Crippen LogP contribution in [0.25, 0.3) is 0 Å². The average molecular weight is 144 g/mol. The fourth-order valence-electron chi connectivity index (χ4n) is 0.515. The maximum absolute atomic E-state index is 5.29. The summed E-state index contributed by atoms with van der Waals surface area (Å²) in [5.74, 6) is 1.94. The van der Waals surface area contributed by atoms with Gasteiger partial charge in [-0.3, -0.25) is 0 Å². The molecule has 0 aromatic carbocycles. The predicted molar refractivity (Wildman–Crippen MR) is 38.1 cm³/mol. The zero-order chi connectivity index (χ0) is 6.69. The normalized spacial score (nSPS) is 9.89. The lowest BCUT2D eigenvalue weighted by atomic mass is 10.8. The van der Waals surface area contributed by atoms with Crippen molar-refractivity contribution in [3.63, 3.8) is 0 Å². The van der Waals surface area contributed by atoms with E-state index >= 15 is 0 Å². The number of hydrogen-bond donors (Lipinski definition) is 1. The van der Waals surface area contributed by atoms with Crippen LogP contribution < -0.4 is 5.73 Å². The summed E-state index contributed by atoms with van der Waals surface area (Å²) in [5.41, 5.74) is 5.29. The third kappa shape index (κ3) is 1.64. The van der Waals surface area contributed by atoms with Gasteiger partial charge in [0, 0.05) is 0 Å². The quantitative estimate of drug-likeness (QED) is 0.675. The Morgan fingerprint density at radius 1 is 1.89 bits per heavy atom. The molecule has 0 aliphatic rings. The van der Waals surface area contributed by atoms with Crippen LogP contribution in [-0.2, 0) is 5.75 Å². The van der Waals surface area contributed by atoms with Crippen molar-refractivity contribution in [2.75, 3.05) is 12.0 Å². The first-order valence-electron chi connectivity index (χ1n) is 2.51. The van der Waals surface area contributed by atoms with E-state index in [4.69, 9.17) is 10.2 Å². The molecule has 0 saturated carbocycles. The van der Waals surface area contributed by atoms with E-state index in [-0.39, 0.29) is 0 Å². The standard InChI is InChI=1S/C5H8N2OS/c1-9-3-5-7-4(6)2-8-5/h2H,3,6H2,1H3. The fourth-order valence-corrected chi connectivity index (χ4v) is 0.894. The molecule has 1 aromatic heterocycles. The maximum Gasteiger partial charge on any atom is 0.206 e. The Morgan fingerprint density at radius 3 is 3.11 bits per heavy atom. The SMILES string of the molecule is CSCc1nc(N)co1. The van der Waals surface area contributed by atoms with E-state index in [2.05, 4.69) is 4.98 Å². The van der Waals surface area contributed by atoms with Gasteiger partial charge in [0.25, 0.3) is 0 Å². The maximum atomic E-state index is 5.29. The zero-order valence-corrected chi connectivity index (χ0v) is 5.94. The molecule has 2 N–H and O–H groups in total. The van der Waals surface area contributed by atoms with Crippen LogP contribution in [0.4, 0.5) is 5.82 Å². The summed E-state index contributed by atoms with van der Waals surface area (Å²) in [7, 11) is 0.